The smallest absolute Gasteiger partial charge is 0.315 e. The van der Waals surface area contributed by atoms with Gasteiger partial charge in [0.05, 0.1) is 29.0 Å². The molecule has 3 aromatic rings. The predicted octanol–water partition coefficient (Wildman–Crippen LogP) is 2.91. The minimum absolute atomic E-state index is 0.0396. The van der Waals surface area contributed by atoms with E-state index in [1.165, 1.54) is 5.69 Å². The van der Waals surface area contributed by atoms with E-state index < -0.39 is 0 Å². The van der Waals surface area contributed by atoms with Crippen molar-refractivity contribution >= 4 is 27.6 Å². The highest BCUT2D eigenvalue weighted by Crippen LogP contribution is 2.29. The second-order valence-corrected chi connectivity index (χ2v) is 7.13. The van der Waals surface area contributed by atoms with Crippen LogP contribution < -0.4 is 10.6 Å². The van der Waals surface area contributed by atoms with Crippen LogP contribution in [0.15, 0.2) is 30.5 Å². The van der Waals surface area contributed by atoms with E-state index in [0.717, 1.165) is 40.1 Å². The van der Waals surface area contributed by atoms with E-state index in [-0.39, 0.29) is 12.1 Å². The summed E-state index contributed by atoms with van der Waals surface area (Å²) in [6.45, 7) is 0.442. The van der Waals surface area contributed by atoms with Crippen molar-refractivity contribution in [3.05, 3.63) is 46.7 Å². The lowest BCUT2D eigenvalue weighted by Crippen LogP contribution is -2.38. The first-order chi connectivity index (χ1) is 11.7. The number of urea groups is 1. The van der Waals surface area contributed by atoms with Crippen molar-refractivity contribution < 1.29 is 4.79 Å². The minimum atomic E-state index is -0.157. The van der Waals surface area contributed by atoms with Gasteiger partial charge in [-0.1, -0.05) is 12.1 Å². The number of nitrogens with one attached hydrogen (secondary N) is 2. The Morgan fingerprint density at radius 1 is 1.42 bits per heavy atom. The Balaban J connectivity index is 1.39. The number of carbonyl (C=O) groups excluding carboxylic acids is 1. The average Bonchev–Trinajstić information content (AvgIpc) is 3.17. The molecule has 2 heterocycles. The second-order valence-electron chi connectivity index (χ2n) is 6.02. The van der Waals surface area contributed by atoms with Gasteiger partial charge < -0.3 is 10.6 Å². The van der Waals surface area contributed by atoms with Gasteiger partial charge in [-0.05, 0) is 31.4 Å². The van der Waals surface area contributed by atoms with Crippen LogP contribution in [0.4, 0.5) is 4.79 Å². The van der Waals surface area contributed by atoms with Gasteiger partial charge in [0.15, 0.2) is 0 Å². The van der Waals surface area contributed by atoms with Gasteiger partial charge in [0.25, 0.3) is 0 Å². The second kappa shape index (κ2) is 6.24. The number of nitrogens with zero attached hydrogens (tertiary/aromatic N) is 3. The number of thiazole rings is 1. The summed E-state index contributed by atoms with van der Waals surface area (Å²) in [7, 11) is 1.95. The zero-order valence-electron chi connectivity index (χ0n) is 13.5. The maximum atomic E-state index is 12.2. The highest BCUT2D eigenvalue weighted by molar-refractivity contribution is 7.18. The fraction of sp³-hybridized carbons (Fsp3) is 0.353. The number of hydrogen-bond acceptors (Lipinski definition) is 4. The van der Waals surface area contributed by atoms with Crippen LogP contribution in [0.5, 0.6) is 0 Å². The normalized spacial score (nSPS) is 16.8. The third kappa shape index (κ3) is 2.87. The third-order valence-corrected chi connectivity index (χ3v) is 5.46. The summed E-state index contributed by atoms with van der Waals surface area (Å²) in [5, 5.41) is 11.2. The Hall–Kier alpha value is -2.41. The Morgan fingerprint density at radius 3 is 3.17 bits per heavy atom. The molecule has 0 radical (unpaired) electrons. The summed E-state index contributed by atoms with van der Waals surface area (Å²) in [5.41, 5.74) is 3.34. The zero-order chi connectivity index (χ0) is 16.5. The van der Waals surface area contributed by atoms with Crippen LogP contribution in [0.1, 0.15) is 35.1 Å². The summed E-state index contributed by atoms with van der Waals surface area (Å²) in [6, 6.07) is 7.89. The Kier molecular flexibility index (Phi) is 3.93. The first kappa shape index (κ1) is 15.1. The van der Waals surface area contributed by atoms with E-state index in [1.54, 1.807) is 11.3 Å². The third-order valence-electron chi connectivity index (χ3n) is 4.42. The molecule has 0 bridgehead atoms. The summed E-state index contributed by atoms with van der Waals surface area (Å²) in [6.07, 6.45) is 4.91. The van der Waals surface area contributed by atoms with Gasteiger partial charge in [0, 0.05) is 18.3 Å². The van der Waals surface area contributed by atoms with Gasteiger partial charge in [0.1, 0.15) is 5.01 Å². The molecule has 7 heteroatoms. The highest BCUT2D eigenvalue weighted by Gasteiger charge is 2.24. The van der Waals surface area contributed by atoms with Crippen molar-refractivity contribution in [1.29, 1.82) is 0 Å². The summed E-state index contributed by atoms with van der Waals surface area (Å²) in [5.74, 6) is 0. The predicted molar refractivity (Wildman–Crippen MR) is 93.9 cm³/mol. The van der Waals surface area contributed by atoms with E-state index in [4.69, 9.17) is 0 Å². The topological polar surface area (TPSA) is 71.8 Å². The SMILES string of the molecule is Cn1ncc2c1CCC[C@H]2NC(=O)NCc1nc2ccccc2s1. The number of para-hydroxylation sites is 1. The monoisotopic (exact) mass is 341 g/mol. The lowest BCUT2D eigenvalue weighted by atomic mass is 9.93. The van der Waals surface area contributed by atoms with Crippen LogP contribution in [0.25, 0.3) is 10.2 Å². The van der Waals surface area contributed by atoms with Gasteiger partial charge in [-0.3, -0.25) is 4.68 Å². The molecule has 124 valence electrons. The van der Waals surface area contributed by atoms with Crippen LogP contribution in [0.3, 0.4) is 0 Å². The molecule has 0 saturated heterocycles. The molecule has 24 heavy (non-hydrogen) atoms. The van der Waals surface area contributed by atoms with Crippen LogP contribution in [-0.2, 0) is 20.0 Å². The first-order valence-electron chi connectivity index (χ1n) is 8.10. The van der Waals surface area contributed by atoms with E-state index in [1.807, 2.05) is 42.2 Å². The molecule has 1 aromatic carbocycles. The first-order valence-corrected chi connectivity index (χ1v) is 8.92. The van der Waals surface area contributed by atoms with Crippen molar-refractivity contribution in [3.8, 4) is 0 Å². The molecule has 0 unspecified atom stereocenters. The molecule has 0 fully saturated rings. The number of hydrogen-bond donors (Lipinski definition) is 2. The molecule has 1 aliphatic carbocycles. The van der Waals surface area contributed by atoms with Gasteiger partial charge in [-0.2, -0.15) is 5.10 Å². The molecule has 2 N–H and O–H groups in total. The van der Waals surface area contributed by atoms with Crippen molar-refractivity contribution in [2.45, 2.75) is 31.8 Å². The molecule has 0 saturated carbocycles. The zero-order valence-corrected chi connectivity index (χ0v) is 14.3. The van der Waals surface area contributed by atoms with Crippen LogP contribution in [-0.4, -0.2) is 20.8 Å². The lowest BCUT2D eigenvalue weighted by molar-refractivity contribution is 0.235. The van der Waals surface area contributed by atoms with E-state index in [9.17, 15) is 4.79 Å². The maximum absolute atomic E-state index is 12.2. The van der Waals surface area contributed by atoms with Gasteiger partial charge in [-0.15, -0.1) is 11.3 Å². The van der Waals surface area contributed by atoms with E-state index in [0.29, 0.717) is 6.54 Å². The molecular weight excluding hydrogens is 322 g/mol. The molecule has 0 spiro atoms. The number of amides is 2. The van der Waals surface area contributed by atoms with Gasteiger partial charge in [0.2, 0.25) is 0 Å². The largest absolute Gasteiger partial charge is 0.332 e. The Bertz CT molecular complexity index is 851. The summed E-state index contributed by atoms with van der Waals surface area (Å²) >= 11 is 1.61. The minimum Gasteiger partial charge on any atom is -0.332 e. The number of rotatable bonds is 3. The molecule has 0 aliphatic heterocycles. The Labute approximate surface area is 143 Å². The summed E-state index contributed by atoms with van der Waals surface area (Å²) in [4.78, 5) is 16.8. The lowest BCUT2D eigenvalue weighted by Gasteiger charge is -2.23. The fourth-order valence-electron chi connectivity index (χ4n) is 3.22. The van der Waals surface area contributed by atoms with Gasteiger partial charge >= 0.3 is 6.03 Å². The molecule has 1 aliphatic rings. The van der Waals surface area contributed by atoms with Crippen LogP contribution in [0, 0.1) is 0 Å². The molecule has 4 rings (SSSR count). The van der Waals surface area contributed by atoms with Crippen molar-refractivity contribution in [2.75, 3.05) is 0 Å². The number of fused-ring (bicyclic) bond motifs is 2. The highest BCUT2D eigenvalue weighted by atomic mass is 32.1. The quantitative estimate of drug-likeness (QED) is 0.769. The van der Waals surface area contributed by atoms with Crippen molar-refractivity contribution in [2.24, 2.45) is 7.05 Å². The molecule has 6 nitrogen and oxygen atoms in total. The standard InChI is InChI=1S/C17H19N5OS/c1-22-14-7-4-6-12(11(14)9-19-22)21-17(23)18-10-16-20-13-5-2-3-8-15(13)24-16/h2-3,5,8-9,12H,4,6-7,10H2,1H3,(H2,18,21,23)/t12-/m1/s1. The molecular formula is C17H19N5OS. The molecule has 2 amide bonds. The van der Waals surface area contributed by atoms with Crippen molar-refractivity contribution in [3.63, 3.8) is 0 Å². The molecule has 1 atom stereocenters. The Morgan fingerprint density at radius 2 is 2.29 bits per heavy atom. The molecule has 2 aromatic heterocycles. The van der Waals surface area contributed by atoms with E-state index >= 15 is 0 Å². The fourth-order valence-corrected chi connectivity index (χ4v) is 4.12. The number of carbonyl (C=O) groups is 1. The van der Waals surface area contributed by atoms with Gasteiger partial charge in [-0.25, -0.2) is 9.78 Å². The van der Waals surface area contributed by atoms with Crippen LogP contribution in [0.2, 0.25) is 0 Å². The maximum Gasteiger partial charge on any atom is 0.315 e. The van der Waals surface area contributed by atoms with Crippen LogP contribution >= 0.6 is 11.3 Å². The number of benzene rings is 1. The van der Waals surface area contributed by atoms with E-state index in [2.05, 4.69) is 20.7 Å². The number of aromatic nitrogens is 3. The average molecular weight is 341 g/mol. The van der Waals surface area contributed by atoms with Crippen molar-refractivity contribution in [1.82, 2.24) is 25.4 Å². The number of aryl methyl sites for hydroxylation is 1. The summed E-state index contributed by atoms with van der Waals surface area (Å²) < 4.78 is 3.05.